The van der Waals surface area contributed by atoms with E-state index in [1.54, 1.807) is 10.9 Å². The molecule has 0 radical (unpaired) electrons. The van der Waals surface area contributed by atoms with Crippen LogP contribution >= 0.6 is 11.3 Å². The van der Waals surface area contributed by atoms with Crippen LogP contribution in [0.4, 0.5) is 5.88 Å². The molecule has 0 spiro atoms. The fourth-order valence-electron chi connectivity index (χ4n) is 3.09. The number of rotatable bonds is 5. The molecule has 0 aromatic carbocycles. The highest BCUT2D eigenvalue weighted by atomic mass is 32.1. The minimum absolute atomic E-state index is 0.299. The molecule has 0 amide bonds. The van der Waals surface area contributed by atoms with Crippen molar-refractivity contribution >= 4 is 23.4 Å². The molecule has 0 aliphatic heterocycles. The summed E-state index contributed by atoms with van der Waals surface area (Å²) >= 11 is 1.50. The summed E-state index contributed by atoms with van der Waals surface area (Å²) in [7, 11) is 0. The summed E-state index contributed by atoms with van der Waals surface area (Å²) < 4.78 is 12.4. The van der Waals surface area contributed by atoms with Crippen molar-refractivity contribution in [2.45, 2.75) is 38.1 Å². The molecule has 1 saturated carbocycles. The third kappa shape index (κ3) is 3.92. The number of hydrogen-bond acceptors (Lipinski definition) is 7. The van der Waals surface area contributed by atoms with Gasteiger partial charge in [-0.2, -0.15) is 5.10 Å². The molecule has 1 fully saturated rings. The molecule has 0 N–H and O–H groups in total. The lowest BCUT2D eigenvalue weighted by molar-refractivity contribution is -0.402. The largest absolute Gasteiger partial charge is 0.463 e. The molecule has 0 unspecified atom stereocenters. The van der Waals surface area contributed by atoms with Gasteiger partial charge in [-0.05, 0) is 31.0 Å². The Balaban J connectivity index is 1.71. The fraction of sp³-hybridized carbons (Fsp3) is 0.333. The van der Waals surface area contributed by atoms with Gasteiger partial charge in [-0.25, -0.2) is 4.68 Å². The number of aromatic nitrogens is 1. The third-order valence-corrected chi connectivity index (χ3v) is 5.25. The zero-order valence-electron chi connectivity index (χ0n) is 14.5. The Kier molecular flexibility index (Phi) is 5.01. The van der Waals surface area contributed by atoms with E-state index in [4.69, 9.17) is 13.8 Å². The highest BCUT2D eigenvalue weighted by Gasteiger charge is 2.15. The highest BCUT2D eigenvalue weighted by molar-refractivity contribution is 7.07. The summed E-state index contributed by atoms with van der Waals surface area (Å²) in [5.74, 6) is 0.665. The number of furan rings is 2. The van der Waals surface area contributed by atoms with Crippen molar-refractivity contribution in [2.75, 3.05) is 0 Å². The first kappa shape index (κ1) is 17.5. The Morgan fingerprint density at radius 3 is 2.81 bits per heavy atom. The van der Waals surface area contributed by atoms with Gasteiger partial charge in [0.2, 0.25) is 4.80 Å². The van der Waals surface area contributed by atoms with Gasteiger partial charge in [0.25, 0.3) is 0 Å². The SMILES string of the molecule is O=[N+]([O-])c1ccc(C=Nn2c(-c3ccco3)csc2=NC2CCCCC2)o1. The van der Waals surface area contributed by atoms with E-state index >= 15 is 0 Å². The molecule has 1 aliphatic carbocycles. The van der Waals surface area contributed by atoms with Crippen LogP contribution in [0.1, 0.15) is 37.9 Å². The average molecular weight is 386 g/mol. The first-order chi connectivity index (χ1) is 13.2. The molecule has 140 valence electrons. The summed E-state index contributed by atoms with van der Waals surface area (Å²) in [4.78, 5) is 15.8. The predicted octanol–water partition coefficient (Wildman–Crippen LogP) is 4.43. The Bertz CT molecular complexity index is 1010. The van der Waals surface area contributed by atoms with Gasteiger partial charge in [0.05, 0.1) is 24.6 Å². The normalized spacial score (nSPS) is 16.4. The lowest BCUT2D eigenvalue weighted by atomic mass is 9.96. The molecular weight excluding hydrogens is 368 g/mol. The number of nitrogens with zero attached hydrogens (tertiary/aromatic N) is 4. The van der Waals surface area contributed by atoms with Gasteiger partial charge in [0.15, 0.2) is 11.5 Å². The Labute approximate surface area is 158 Å². The van der Waals surface area contributed by atoms with E-state index in [1.165, 1.54) is 48.9 Å². The van der Waals surface area contributed by atoms with Crippen LogP contribution in [0, 0.1) is 10.1 Å². The van der Waals surface area contributed by atoms with Gasteiger partial charge in [-0.3, -0.25) is 15.1 Å². The molecule has 0 atom stereocenters. The van der Waals surface area contributed by atoms with Crippen molar-refractivity contribution in [3.63, 3.8) is 0 Å². The first-order valence-corrected chi connectivity index (χ1v) is 9.65. The fourth-order valence-corrected chi connectivity index (χ4v) is 3.97. The van der Waals surface area contributed by atoms with E-state index in [2.05, 4.69) is 5.10 Å². The monoisotopic (exact) mass is 386 g/mol. The molecule has 3 aromatic rings. The molecule has 1 aliphatic rings. The van der Waals surface area contributed by atoms with E-state index < -0.39 is 4.92 Å². The third-order valence-electron chi connectivity index (χ3n) is 4.42. The van der Waals surface area contributed by atoms with Crippen molar-refractivity contribution in [3.8, 4) is 11.5 Å². The van der Waals surface area contributed by atoms with Crippen molar-refractivity contribution in [3.05, 3.63) is 56.6 Å². The van der Waals surface area contributed by atoms with Crippen molar-refractivity contribution in [1.29, 1.82) is 0 Å². The average Bonchev–Trinajstić information content (AvgIpc) is 3.42. The molecule has 3 aromatic heterocycles. The molecule has 8 nitrogen and oxygen atoms in total. The second-order valence-electron chi connectivity index (χ2n) is 6.29. The van der Waals surface area contributed by atoms with Crippen LogP contribution in [0.5, 0.6) is 0 Å². The van der Waals surface area contributed by atoms with Crippen LogP contribution in [-0.2, 0) is 0 Å². The van der Waals surface area contributed by atoms with Gasteiger partial charge < -0.3 is 8.83 Å². The molecule has 0 saturated heterocycles. The molecule has 0 bridgehead atoms. The van der Waals surface area contributed by atoms with Gasteiger partial charge >= 0.3 is 5.88 Å². The topological polar surface area (TPSA) is 99.1 Å². The van der Waals surface area contributed by atoms with Crippen LogP contribution < -0.4 is 4.80 Å². The maximum Gasteiger partial charge on any atom is 0.433 e. The Morgan fingerprint density at radius 1 is 1.26 bits per heavy atom. The molecule has 4 rings (SSSR count). The van der Waals surface area contributed by atoms with Gasteiger partial charge in [-0.15, -0.1) is 11.3 Å². The summed E-state index contributed by atoms with van der Waals surface area (Å²) in [5.41, 5.74) is 0.775. The minimum atomic E-state index is -0.576. The Morgan fingerprint density at radius 2 is 2.11 bits per heavy atom. The Hall–Kier alpha value is -2.94. The van der Waals surface area contributed by atoms with E-state index in [0.29, 0.717) is 17.6 Å². The van der Waals surface area contributed by atoms with E-state index in [1.807, 2.05) is 17.5 Å². The van der Waals surface area contributed by atoms with Crippen LogP contribution in [0.3, 0.4) is 0 Å². The summed E-state index contributed by atoms with van der Waals surface area (Å²) in [6.07, 6.45) is 8.89. The molecule has 9 heteroatoms. The van der Waals surface area contributed by atoms with Crippen LogP contribution in [0.15, 0.2) is 54.8 Å². The van der Waals surface area contributed by atoms with Gasteiger partial charge in [-0.1, -0.05) is 19.3 Å². The van der Waals surface area contributed by atoms with E-state index in [-0.39, 0.29) is 5.88 Å². The van der Waals surface area contributed by atoms with Gasteiger partial charge in [0.1, 0.15) is 10.6 Å². The van der Waals surface area contributed by atoms with E-state index in [9.17, 15) is 10.1 Å². The molecular formula is C18H18N4O4S. The number of thiazole rings is 1. The number of hydrogen-bond donors (Lipinski definition) is 0. The van der Waals surface area contributed by atoms with E-state index in [0.717, 1.165) is 23.3 Å². The van der Waals surface area contributed by atoms with Crippen LogP contribution in [0.2, 0.25) is 0 Å². The van der Waals surface area contributed by atoms with Crippen LogP contribution in [-0.4, -0.2) is 21.9 Å². The summed E-state index contributed by atoms with van der Waals surface area (Å²) in [6.45, 7) is 0. The summed E-state index contributed by atoms with van der Waals surface area (Å²) in [5, 5.41) is 17.2. The lowest BCUT2D eigenvalue weighted by Gasteiger charge is -2.16. The second-order valence-corrected chi connectivity index (χ2v) is 7.13. The maximum absolute atomic E-state index is 10.8. The maximum atomic E-state index is 10.8. The lowest BCUT2D eigenvalue weighted by Crippen LogP contribution is -2.18. The smallest absolute Gasteiger partial charge is 0.433 e. The summed E-state index contributed by atoms with van der Waals surface area (Å²) in [6, 6.07) is 6.79. The zero-order valence-corrected chi connectivity index (χ0v) is 15.3. The predicted molar refractivity (Wildman–Crippen MR) is 101 cm³/mol. The minimum Gasteiger partial charge on any atom is -0.463 e. The standard InChI is InChI=1S/C18H18N4O4S/c23-22(24)17-9-8-14(26-17)11-19-21-15(16-7-4-10-25-16)12-27-18(21)20-13-5-2-1-3-6-13/h4,7-13H,1-3,5-6H2. The first-order valence-electron chi connectivity index (χ1n) is 8.77. The van der Waals surface area contributed by atoms with Crippen LogP contribution in [0.25, 0.3) is 11.5 Å². The quantitative estimate of drug-likeness (QED) is 0.368. The second kappa shape index (κ2) is 7.75. The number of nitro groups is 1. The van der Waals surface area contributed by atoms with Crippen molar-refractivity contribution < 1.29 is 13.8 Å². The van der Waals surface area contributed by atoms with Crippen molar-refractivity contribution in [2.24, 2.45) is 10.1 Å². The molecule has 27 heavy (non-hydrogen) atoms. The molecule has 3 heterocycles. The zero-order chi connectivity index (χ0) is 18.6. The highest BCUT2D eigenvalue weighted by Crippen LogP contribution is 2.23. The van der Waals surface area contributed by atoms with Gasteiger partial charge in [0, 0.05) is 5.38 Å². The van der Waals surface area contributed by atoms with Crippen molar-refractivity contribution in [1.82, 2.24) is 4.68 Å².